The summed E-state index contributed by atoms with van der Waals surface area (Å²) in [5, 5.41) is 20.0. The second-order valence-corrected chi connectivity index (χ2v) is 6.23. The Hall–Kier alpha value is -3.15. The predicted octanol–water partition coefficient (Wildman–Crippen LogP) is 3.54. The fraction of sp³-hybridized carbons (Fsp3) is 0.0588. The molecule has 0 atom stereocenters. The third-order valence-electron chi connectivity index (χ3n) is 3.43. The van der Waals surface area contributed by atoms with E-state index in [1.54, 1.807) is 29.9 Å². The fourth-order valence-corrected chi connectivity index (χ4v) is 2.93. The third kappa shape index (κ3) is 3.74. The van der Waals surface area contributed by atoms with Crippen molar-refractivity contribution in [1.29, 1.82) is 5.26 Å². The van der Waals surface area contributed by atoms with E-state index < -0.39 is 5.91 Å². The van der Waals surface area contributed by atoms with Crippen LogP contribution in [0.15, 0.2) is 47.6 Å². The molecule has 130 valence electrons. The molecule has 1 amide bonds. The number of rotatable bonds is 5. The Labute approximate surface area is 158 Å². The lowest BCUT2D eigenvalue weighted by molar-refractivity contribution is -0.112. The van der Waals surface area contributed by atoms with Crippen LogP contribution in [0.3, 0.4) is 0 Å². The Balaban J connectivity index is 1.91. The highest BCUT2D eigenvalue weighted by Crippen LogP contribution is 2.27. The van der Waals surface area contributed by atoms with Crippen molar-refractivity contribution in [2.24, 2.45) is 0 Å². The second-order valence-electron chi connectivity index (χ2n) is 4.99. The minimum atomic E-state index is -0.551. The van der Waals surface area contributed by atoms with Crippen LogP contribution in [0, 0.1) is 11.3 Å². The monoisotopic (exact) mass is 385 g/mol. The number of methoxy groups -OCH3 is 1. The number of anilines is 1. The molecule has 0 saturated heterocycles. The van der Waals surface area contributed by atoms with Crippen LogP contribution in [0.25, 0.3) is 11.8 Å². The van der Waals surface area contributed by atoms with Crippen molar-refractivity contribution in [3.05, 3.63) is 58.3 Å². The number of benzene rings is 1. The molecule has 1 N–H and O–H groups in total. The zero-order chi connectivity index (χ0) is 18.5. The Morgan fingerprint density at radius 3 is 2.96 bits per heavy atom. The summed E-state index contributed by atoms with van der Waals surface area (Å²) in [6.45, 7) is 0. The average Bonchev–Trinajstić information content (AvgIpc) is 3.31. The van der Waals surface area contributed by atoms with Gasteiger partial charge >= 0.3 is 0 Å². The molecule has 9 heteroatoms. The first-order valence-corrected chi connectivity index (χ1v) is 8.58. The summed E-state index contributed by atoms with van der Waals surface area (Å²) in [7, 11) is 1.54. The molecule has 0 aliphatic carbocycles. The van der Waals surface area contributed by atoms with Gasteiger partial charge in [-0.3, -0.25) is 10.1 Å². The number of halogens is 1. The summed E-state index contributed by atoms with van der Waals surface area (Å²) in [5.74, 6) is 0.0126. The number of aromatic nitrogens is 3. The Morgan fingerprint density at radius 1 is 1.46 bits per heavy atom. The molecule has 2 heterocycles. The van der Waals surface area contributed by atoms with Crippen LogP contribution in [-0.4, -0.2) is 27.8 Å². The maximum absolute atomic E-state index is 12.2. The van der Waals surface area contributed by atoms with Gasteiger partial charge in [-0.2, -0.15) is 5.26 Å². The first kappa shape index (κ1) is 17.7. The zero-order valence-electron chi connectivity index (χ0n) is 13.5. The number of carbonyl (C=O) groups is 1. The van der Waals surface area contributed by atoms with Gasteiger partial charge in [-0.25, -0.2) is 0 Å². The summed E-state index contributed by atoms with van der Waals surface area (Å²) in [6.07, 6.45) is 3.30. The third-order valence-corrected chi connectivity index (χ3v) is 4.33. The van der Waals surface area contributed by atoms with Crippen LogP contribution >= 0.6 is 22.9 Å². The molecule has 0 fully saturated rings. The van der Waals surface area contributed by atoms with Crippen LogP contribution < -0.4 is 10.1 Å². The highest BCUT2D eigenvalue weighted by atomic mass is 35.5. The van der Waals surface area contributed by atoms with Crippen molar-refractivity contribution in [2.45, 2.75) is 0 Å². The molecule has 0 unspecified atom stereocenters. The number of nitrogens with one attached hydrogen (secondary N) is 1. The van der Waals surface area contributed by atoms with Crippen LogP contribution in [0.1, 0.15) is 5.69 Å². The van der Waals surface area contributed by atoms with E-state index in [4.69, 9.17) is 16.3 Å². The van der Waals surface area contributed by atoms with Crippen molar-refractivity contribution in [1.82, 2.24) is 14.8 Å². The summed E-state index contributed by atoms with van der Waals surface area (Å²) in [4.78, 5) is 12.2. The molecule has 0 aliphatic rings. The van der Waals surface area contributed by atoms with Crippen molar-refractivity contribution in [3.8, 4) is 17.5 Å². The van der Waals surface area contributed by atoms with E-state index in [1.807, 2.05) is 24.4 Å². The van der Waals surface area contributed by atoms with Gasteiger partial charge in [-0.15, -0.1) is 10.2 Å². The molecule has 3 aromatic rings. The summed E-state index contributed by atoms with van der Waals surface area (Å²) < 4.78 is 6.96. The van der Waals surface area contributed by atoms with Gasteiger partial charge in [0.25, 0.3) is 5.91 Å². The number of carbonyl (C=O) groups excluding carboxylic acids is 1. The van der Waals surface area contributed by atoms with Gasteiger partial charge in [-0.1, -0.05) is 22.9 Å². The number of amides is 1. The van der Waals surface area contributed by atoms with Gasteiger partial charge in [0, 0.05) is 17.6 Å². The first-order chi connectivity index (χ1) is 12.6. The standard InChI is InChI=1S/C17H12ClN5O2S/c1-25-15-5-4-13(8-14(15)18)23-6-2-3-12(23)7-11(9-19)16(24)21-17-22-20-10-26-17/h2-8,10H,1H3,(H,21,22,24)/b11-7-. The molecule has 7 nitrogen and oxygen atoms in total. The molecule has 0 saturated carbocycles. The maximum Gasteiger partial charge on any atom is 0.268 e. The van der Waals surface area contributed by atoms with Crippen molar-refractivity contribution in [3.63, 3.8) is 0 Å². The van der Waals surface area contributed by atoms with E-state index in [-0.39, 0.29) is 5.57 Å². The molecule has 1 aromatic carbocycles. The fourth-order valence-electron chi connectivity index (χ4n) is 2.24. The molecule has 26 heavy (non-hydrogen) atoms. The second kappa shape index (κ2) is 7.82. The predicted molar refractivity (Wildman–Crippen MR) is 99.5 cm³/mol. The zero-order valence-corrected chi connectivity index (χ0v) is 15.1. The summed E-state index contributed by atoms with van der Waals surface area (Å²) >= 11 is 7.35. The molecular weight excluding hydrogens is 374 g/mol. The van der Waals surface area contributed by atoms with Crippen molar-refractivity contribution < 1.29 is 9.53 Å². The highest BCUT2D eigenvalue weighted by Gasteiger charge is 2.13. The van der Waals surface area contributed by atoms with Gasteiger partial charge in [0.1, 0.15) is 22.9 Å². The minimum Gasteiger partial charge on any atom is -0.495 e. The van der Waals surface area contributed by atoms with E-state index >= 15 is 0 Å². The molecule has 3 rings (SSSR count). The lowest BCUT2D eigenvalue weighted by Gasteiger charge is -2.10. The quantitative estimate of drug-likeness (QED) is 0.535. The van der Waals surface area contributed by atoms with Crippen LogP contribution in [0.5, 0.6) is 5.75 Å². The molecule has 2 aromatic heterocycles. The number of hydrogen-bond acceptors (Lipinski definition) is 6. The normalized spacial score (nSPS) is 11.0. The smallest absolute Gasteiger partial charge is 0.268 e. The SMILES string of the molecule is COc1ccc(-n2cccc2/C=C(/C#N)C(=O)Nc2nncs2)cc1Cl. The lowest BCUT2D eigenvalue weighted by atomic mass is 10.2. The van der Waals surface area contributed by atoms with Gasteiger partial charge in [-0.05, 0) is 36.4 Å². The van der Waals surface area contributed by atoms with E-state index in [1.165, 1.54) is 22.9 Å². The molecule has 0 spiro atoms. The van der Waals surface area contributed by atoms with Gasteiger partial charge < -0.3 is 9.30 Å². The van der Waals surface area contributed by atoms with Crippen molar-refractivity contribution >= 4 is 40.1 Å². The summed E-state index contributed by atoms with van der Waals surface area (Å²) in [5.41, 5.74) is 2.85. The van der Waals surface area contributed by atoms with Gasteiger partial charge in [0.2, 0.25) is 5.13 Å². The number of hydrogen-bond donors (Lipinski definition) is 1. The first-order valence-electron chi connectivity index (χ1n) is 7.33. The van der Waals surface area contributed by atoms with E-state index in [2.05, 4.69) is 15.5 Å². The number of ether oxygens (including phenoxy) is 1. The molecule has 0 radical (unpaired) electrons. The largest absolute Gasteiger partial charge is 0.495 e. The molecular formula is C17H12ClN5O2S. The van der Waals surface area contributed by atoms with Gasteiger partial charge in [0.15, 0.2) is 0 Å². The lowest BCUT2D eigenvalue weighted by Crippen LogP contribution is -2.13. The Morgan fingerprint density at radius 2 is 2.31 bits per heavy atom. The summed E-state index contributed by atoms with van der Waals surface area (Å²) in [6, 6.07) is 10.8. The Kier molecular flexibility index (Phi) is 5.31. The topological polar surface area (TPSA) is 92.8 Å². The Bertz CT molecular complexity index is 1000. The molecule has 0 aliphatic heterocycles. The molecule has 0 bridgehead atoms. The minimum absolute atomic E-state index is 0.0558. The number of nitrogens with zero attached hydrogens (tertiary/aromatic N) is 4. The van der Waals surface area contributed by atoms with Gasteiger partial charge in [0.05, 0.1) is 12.1 Å². The van der Waals surface area contributed by atoms with E-state index in [9.17, 15) is 10.1 Å². The van der Waals surface area contributed by atoms with E-state index in [0.717, 1.165) is 5.69 Å². The van der Waals surface area contributed by atoms with Crippen LogP contribution in [0.2, 0.25) is 5.02 Å². The highest BCUT2D eigenvalue weighted by molar-refractivity contribution is 7.13. The number of nitriles is 1. The maximum atomic E-state index is 12.2. The van der Waals surface area contributed by atoms with Crippen LogP contribution in [0.4, 0.5) is 5.13 Å². The van der Waals surface area contributed by atoms with E-state index in [0.29, 0.717) is 21.6 Å². The average molecular weight is 386 g/mol. The van der Waals surface area contributed by atoms with Crippen molar-refractivity contribution in [2.75, 3.05) is 12.4 Å². The van der Waals surface area contributed by atoms with Crippen LogP contribution in [-0.2, 0) is 4.79 Å².